The average molecular weight is 289 g/mol. The quantitative estimate of drug-likeness (QED) is 0.317. The van der Waals surface area contributed by atoms with Gasteiger partial charge in [-0.25, -0.2) is 4.57 Å². The zero-order chi connectivity index (χ0) is 4.50. The fourth-order valence-electron chi connectivity index (χ4n) is 0. The minimum absolute atomic E-state index is 0. The fourth-order valence-corrected chi connectivity index (χ4v) is 0. The predicted octanol–water partition coefficient (Wildman–Crippen LogP) is -3.30. The molecular weight excluding hydrogens is 277 g/mol. The molecule has 0 aromatic rings. The number of hydrogen-bond acceptors (Lipinski definition) is 1. The van der Waals surface area contributed by atoms with Crippen molar-refractivity contribution in [2.75, 3.05) is 0 Å². The third-order valence-electron chi connectivity index (χ3n) is 0. The van der Waals surface area contributed by atoms with E-state index in [1.807, 2.05) is 0 Å². The molecule has 0 aromatic heterocycles. The number of phosphoric acid groups is 1. The van der Waals surface area contributed by atoms with Gasteiger partial charge in [-0.15, -0.1) is 24.8 Å². The summed E-state index contributed by atoms with van der Waals surface area (Å²) < 4.78 is 8.88. The van der Waals surface area contributed by atoms with Gasteiger partial charge < -0.3 is 25.6 Å². The molecule has 7 N–H and O–H groups in total. The molecule has 0 aliphatic heterocycles. The predicted molar refractivity (Wildman–Crippen MR) is 51.7 cm³/mol. The van der Waals surface area contributed by atoms with Crippen molar-refractivity contribution in [3.8, 4) is 0 Å². The van der Waals surface area contributed by atoms with Crippen molar-refractivity contribution in [2.45, 2.75) is 0 Å². The molecule has 0 unspecified atom stereocenters. The van der Waals surface area contributed by atoms with E-state index in [0.717, 1.165) is 0 Å². The van der Waals surface area contributed by atoms with Crippen molar-refractivity contribution in [1.82, 2.24) is 0 Å². The molecule has 0 saturated carbocycles. The summed E-state index contributed by atoms with van der Waals surface area (Å²) in [6, 6.07) is 0. The van der Waals surface area contributed by atoms with Crippen LogP contribution in [0.4, 0.5) is 0 Å². The summed E-state index contributed by atoms with van der Waals surface area (Å²) in [5.41, 5.74) is 0. The first-order valence-corrected chi connectivity index (χ1v) is 2.35. The van der Waals surface area contributed by atoms with Crippen molar-refractivity contribution in [3.05, 3.63) is 0 Å². The van der Waals surface area contributed by atoms with Crippen LogP contribution in [-0.4, -0.2) is 115 Å². The molecular formula is H12CaCl2KO6P. The first kappa shape index (κ1) is 47.0. The van der Waals surface area contributed by atoms with Gasteiger partial charge in [0.25, 0.3) is 0 Å². The van der Waals surface area contributed by atoms with E-state index in [1.54, 1.807) is 0 Å². The van der Waals surface area contributed by atoms with E-state index >= 15 is 0 Å². The molecule has 0 heterocycles. The minimum atomic E-state index is -4.64. The van der Waals surface area contributed by atoms with E-state index in [4.69, 9.17) is 19.2 Å². The second-order valence-corrected chi connectivity index (χ2v) is 1.54. The van der Waals surface area contributed by atoms with E-state index in [-0.39, 0.29) is 125 Å². The van der Waals surface area contributed by atoms with Crippen molar-refractivity contribution in [3.63, 3.8) is 0 Å². The summed E-state index contributed by atoms with van der Waals surface area (Å²) in [6.07, 6.45) is 0. The van der Waals surface area contributed by atoms with Gasteiger partial charge in [0.15, 0.2) is 0 Å². The van der Waals surface area contributed by atoms with Crippen LogP contribution in [0.3, 0.4) is 0 Å². The molecule has 11 heteroatoms. The number of hydrogen-bond donors (Lipinski definition) is 3. The molecule has 0 aliphatic carbocycles. The summed E-state index contributed by atoms with van der Waals surface area (Å²) in [5.74, 6) is 0. The van der Waals surface area contributed by atoms with Gasteiger partial charge >= 0.3 is 96.9 Å². The van der Waals surface area contributed by atoms with Crippen LogP contribution in [0.5, 0.6) is 0 Å². The molecule has 70 valence electrons. The van der Waals surface area contributed by atoms with Crippen LogP contribution < -0.4 is 0 Å². The Kier molecular flexibility index (Phi) is 99.8. The van der Waals surface area contributed by atoms with Gasteiger partial charge in [0.2, 0.25) is 0 Å². The second-order valence-electron chi connectivity index (χ2n) is 0.513. The van der Waals surface area contributed by atoms with Gasteiger partial charge in [0, 0.05) is 0 Å². The third-order valence-corrected chi connectivity index (χ3v) is 0. The zero-order valence-corrected chi connectivity index (χ0v) is 6.54. The molecule has 0 amide bonds. The molecule has 6 nitrogen and oxygen atoms in total. The zero-order valence-electron chi connectivity index (χ0n) is 4.01. The average Bonchev–Trinajstić information content (AvgIpc) is 0.722. The van der Waals surface area contributed by atoms with E-state index < -0.39 is 7.82 Å². The molecule has 0 atom stereocenters. The first-order valence-electron chi connectivity index (χ1n) is 0.783. The van der Waals surface area contributed by atoms with Crippen molar-refractivity contribution in [1.29, 1.82) is 0 Å². The third kappa shape index (κ3) is 145. The van der Waals surface area contributed by atoms with Crippen LogP contribution in [0, 0.1) is 0 Å². The summed E-state index contributed by atoms with van der Waals surface area (Å²) in [7, 11) is -4.64. The second kappa shape index (κ2) is 23.4. The molecule has 0 aromatic carbocycles. The summed E-state index contributed by atoms with van der Waals surface area (Å²) >= 11 is 0. The normalized spacial score (nSPS) is 5.36. The van der Waals surface area contributed by atoms with Gasteiger partial charge in [0.05, 0.1) is 0 Å². The van der Waals surface area contributed by atoms with Crippen LogP contribution in [0.1, 0.15) is 0 Å². The molecule has 0 radical (unpaired) electrons. The molecule has 11 heavy (non-hydrogen) atoms. The molecule has 0 fully saturated rings. The molecule has 0 saturated heterocycles. The Balaban J connectivity index is -0.00000000533. The Labute approximate surface area is 149 Å². The van der Waals surface area contributed by atoms with Crippen LogP contribution in [0.15, 0.2) is 0 Å². The van der Waals surface area contributed by atoms with E-state index in [9.17, 15) is 0 Å². The van der Waals surface area contributed by atoms with Gasteiger partial charge in [-0.05, 0) is 0 Å². The number of rotatable bonds is 0. The van der Waals surface area contributed by atoms with Crippen molar-refractivity contribution in [2.24, 2.45) is 0 Å². The van der Waals surface area contributed by atoms with Gasteiger partial charge in [-0.3, -0.25) is 0 Å². The van der Waals surface area contributed by atoms with Crippen LogP contribution >= 0.6 is 32.6 Å². The standard InChI is InChI=1S/Ca.2ClH.K.H3O4P.2H2O.3H/c;;;;1-5(2,3)4;;;;;/h;2*1H;;(H3,1,2,3,4);2*1H2;;;. The first-order chi connectivity index (χ1) is 2.00. The van der Waals surface area contributed by atoms with E-state index in [2.05, 4.69) is 0 Å². The molecule has 0 aliphatic rings. The summed E-state index contributed by atoms with van der Waals surface area (Å²) in [5, 5.41) is 0. The summed E-state index contributed by atoms with van der Waals surface area (Å²) in [4.78, 5) is 21.6. The van der Waals surface area contributed by atoms with Crippen LogP contribution in [0.2, 0.25) is 0 Å². The molecule has 0 bridgehead atoms. The molecule has 0 spiro atoms. The van der Waals surface area contributed by atoms with Crippen molar-refractivity contribution >= 4 is 122 Å². The van der Waals surface area contributed by atoms with Crippen LogP contribution in [-0.2, 0) is 4.57 Å². The fraction of sp³-hybridized carbons (Fsp3) is 0. The Morgan fingerprint density at radius 3 is 0.909 bits per heavy atom. The SMILES string of the molecule is Cl.Cl.O.O.O=P(O)(O)O.[CaH2].[KH]. The Bertz CT molecular complexity index is 66.7. The Morgan fingerprint density at radius 2 is 0.909 bits per heavy atom. The van der Waals surface area contributed by atoms with Gasteiger partial charge in [-0.1, -0.05) is 0 Å². The van der Waals surface area contributed by atoms with Crippen molar-refractivity contribution < 1.29 is 30.2 Å². The monoisotopic (exact) mass is 288 g/mol. The van der Waals surface area contributed by atoms with Gasteiger partial charge in [0.1, 0.15) is 0 Å². The van der Waals surface area contributed by atoms with E-state index in [0.29, 0.717) is 0 Å². The van der Waals surface area contributed by atoms with Gasteiger partial charge in [-0.2, -0.15) is 0 Å². The maximum absolute atomic E-state index is 8.88. The Hall–Kier alpha value is 3.51. The topological polar surface area (TPSA) is 141 Å². The maximum atomic E-state index is 8.88. The summed E-state index contributed by atoms with van der Waals surface area (Å²) in [6.45, 7) is 0. The Morgan fingerprint density at radius 1 is 0.909 bits per heavy atom. The molecule has 0 rings (SSSR count). The van der Waals surface area contributed by atoms with Crippen LogP contribution in [0.25, 0.3) is 0 Å². The van der Waals surface area contributed by atoms with E-state index in [1.165, 1.54) is 0 Å². The number of halogens is 2.